The first-order chi connectivity index (χ1) is 9.60. The van der Waals surface area contributed by atoms with Crippen LogP contribution in [0.25, 0.3) is 0 Å². The van der Waals surface area contributed by atoms with Gasteiger partial charge in [0, 0.05) is 32.9 Å². The van der Waals surface area contributed by atoms with E-state index < -0.39 is 0 Å². The highest BCUT2D eigenvalue weighted by atomic mass is 16.2. The van der Waals surface area contributed by atoms with E-state index in [1.807, 2.05) is 24.1 Å². The molecule has 1 aromatic heterocycles. The molecule has 1 aliphatic rings. The molecule has 0 aliphatic carbocycles. The van der Waals surface area contributed by atoms with E-state index in [-0.39, 0.29) is 5.91 Å². The topological polar surface area (TPSA) is 48.5 Å². The summed E-state index contributed by atoms with van der Waals surface area (Å²) < 4.78 is 0. The summed E-state index contributed by atoms with van der Waals surface area (Å²) in [5.74, 6) is 1.59. The van der Waals surface area contributed by atoms with E-state index in [4.69, 9.17) is 0 Å². The summed E-state index contributed by atoms with van der Waals surface area (Å²) >= 11 is 0. The summed E-state index contributed by atoms with van der Waals surface area (Å²) in [6.07, 6.45) is 3.83. The van der Waals surface area contributed by atoms with Crippen LogP contribution in [-0.2, 0) is 0 Å². The van der Waals surface area contributed by atoms with Crippen LogP contribution in [0.4, 0.5) is 5.82 Å². The molecule has 2 rings (SSSR count). The summed E-state index contributed by atoms with van der Waals surface area (Å²) in [6.45, 7) is 2.82. The fourth-order valence-electron chi connectivity index (χ4n) is 2.69. The maximum Gasteiger partial charge on any atom is 0.255 e. The summed E-state index contributed by atoms with van der Waals surface area (Å²) in [7, 11) is 6.03. The van der Waals surface area contributed by atoms with Crippen molar-refractivity contribution in [2.45, 2.75) is 12.8 Å². The number of aromatic nitrogens is 1. The smallest absolute Gasteiger partial charge is 0.255 e. The van der Waals surface area contributed by atoms with Crippen molar-refractivity contribution in [1.82, 2.24) is 14.8 Å². The number of carbonyl (C=O) groups is 1. The predicted octanol–water partition coefficient (Wildman–Crippen LogP) is 1.54. The maximum atomic E-state index is 12.4. The van der Waals surface area contributed by atoms with Gasteiger partial charge in [-0.15, -0.1) is 0 Å². The number of hydrogen-bond donors (Lipinski definition) is 1. The third-order valence-electron chi connectivity index (χ3n) is 3.79. The number of anilines is 1. The number of amides is 1. The van der Waals surface area contributed by atoms with Crippen molar-refractivity contribution >= 4 is 11.7 Å². The summed E-state index contributed by atoms with van der Waals surface area (Å²) in [5.41, 5.74) is 0.676. The van der Waals surface area contributed by atoms with Gasteiger partial charge in [-0.1, -0.05) is 0 Å². The molecule has 2 heterocycles. The highest BCUT2D eigenvalue weighted by molar-refractivity contribution is 5.94. The molecular formula is C15H24N4O. The lowest BCUT2D eigenvalue weighted by atomic mass is 9.96. The second kappa shape index (κ2) is 6.70. The van der Waals surface area contributed by atoms with Crippen LogP contribution in [0.5, 0.6) is 0 Å². The maximum absolute atomic E-state index is 12.4. The van der Waals surface area contributed by atoms with Crippen LogP contribution >= 0.6 is 0 Å². The second-order valence-corrected chi connectivity index (χ2v) is 5.68. The molecule has 0 aromatic carbocycles. The van der Waals surface area contributed by atoms with Crippen molar-refractivity contribution in [2.24, 2.45) is 5.92 Å². The Bertz CT molecular complexity index is 436. The molecule has 1 aliphatic heterocycles. The van der Waals surface area contributed by atoms with E-state index in [2.05, 4.69) is 29.3 Å². The normalized spacial score (nSPS) is 16.5. The van der Waals surface area contributed by atoms with Crippen molar-refractivity contribution in [1.29, 1.82) is 0 Å². The fraction of sp³-hybridized carbons (Fsp3) is 0.600. The second-order valence-electron chi connectivity index (χ2n) is 5.68. The number of carbonyl (C=O) groups excluding carboxylic acids is 1. The van der Waals surface area contributed by atoms with Gasteiger partial charge >= 0.3 is 0 Å². The number of nitrogens with one attached hydrogen (secondary N) is 1. The number of likely N-dealkylation sites (tertiary alicyclic amines) is 1. The molecule has 1 amide bonds. The lowest BCUT2D eigenvalue weighted by molar-refractivity contribution is 0.0677. The first kappa shape index (κ1) is 14.8. The Hall–Kier alpha value is -1.62. The molecule has 0 radical (unpaired) electrons. The highest BCUT2D eigenvalue weighted by Crippen LogP contribution is 2.19. The molecule has 1 N–H and O–H groups in total. The largest absolute Gasteiger partial charge is 0.373 e. The van der Waals surface area contributed by atoms with Crippen molar-refractivity contribution in [2.75, 3.05) is 46.1 Å². The average Bonchev–Trinajstić information content (AvgIpc) is 2.47. The van der Waals surface area contributed by atoms with E-state index >= 15 is 0 Å². The van der Waals surface area contributed by atoms with Gasteiger partial charge in [-0.3, -0.25) is 4.79 Å². The quantitative estimate of drug-likeness (QED) is 0.906. The number of pyridine rings is 1. The van der Waals surface area contributed by atoms with Crippen molar-refractivity contribution in [3.05, 3.63) is 23.9 Å². The number of nitrogens with zero attached hydrogens (tertiary/aromatic N) is 3. The Morgan fingerprint density at radius 2 is 2.10 bits per heavy atom. The van der Waals surface area contributed by atoms with Gasteiger partial charge in [0.25, 0.3) is 5.91 Å². The third kappa shape index (κ3) is 3.70. The Kier molecular flexibility index (Phi) is 4.95. The monoisotopic (exact) mass is 276 g/mol. The van der Waals surface area contributed by atoms with Crippen LogP contribution in [0.2, 0.25) is 0 Å². The minimum absolute atomic E-state index is 0.100. The number of hydrogen-bond acceptors (Lipinski definition) is 4. The van der Waals surface area contributed by atoms with Crippen LogP contribution in [0, 0.1) is 5.92 Å². The fourth-order valence-corrected chi connectivity index (χ4v) is 2.69. The van der Waals surface area contributed by atoms with Crippen molar-refractivity contribution in [3.63, 3.8) is 0 Å². The Balaban J connectivity index is 1.90. The molecule has 110 valence electrons. The lowest BCUT2D eigenvalue weighted by Crippen LogP contribution is -2.40. The van der Waals surface area contributed by atoms with Crippen LogP contribution in [0.15, 0.2) is 18.3 Å². The van der Waals surface area contributed by atoms with Gasteiger partial charge in [-0.25, -0.2) is 4.98 Å². The Labute approximate surface area is 121 Å². The number of piperidine rings is 1. The van der Waals surface area contributed by atoms with Gasteiger partial charge in [-0.2, -0.15) is 0 Å². The minimum atomic E-state index is 0.100. The first-order valence-electron chi connectivity index (χ1n) is 7.18. The predicted molar refractivity (Wildman–Crippen MR) is 81.0 cm³/mol. The van der Waals surface area contributed by atoms with Crippen LogP contribution in [-0.4, -0.2) is 61.5 Å². The third-order valence-corrected chi connectivity index (χ3v) is 3.79. The summed E-state index contributed by atoms with van der Waals surface area (Å²) in [4.78, 5) is 20.8. The molecular weight excluding hydrogens is 252 g/mol. The Morgan fingerprint density at radius 3 is 2.60 bits per heavy atom. The molecule has 0 unspecified atom stereocenters. The molecule has 1 saturated heterocycles. The van der Waals surface area contributed by atoms with Gasteiger partial charge < -0.3 is 15.1 Å². The molecule has 0 saturated carbocycles. The van der Waals surface area contributed by atoms with Crippen LogP contribution in [0.3, 0.4) is 0 Å². The van der Waals surface area contributed by atoms with E-state index in [0.29, 0.717) is 11.5 Å². The van der Waals surface area contributed by atoms with E-state index in [1.165, 1.54) is 0 Å². The zero-order valence-corrected chi connectivity index (χ0v) is 12.6. The van der Waals surface area contributed by atoms with Crippen LogP contribution in [0.1, 0.15) is 23.2 Å². The van der Waals surface area contributed by atoms with Gasteiger partial charge in [0.05, 0.1) is 5.56 Å². The molecule has 0 spiro atoms. The SMILES string of the molecule is CNc1ccc(C(=O)N2CCC(CN(C)C)CC2)cn1. The van der Waals surface area contributed by atoms with Gasteiger partial charge in [0.15, 0.2) is 0 Å². The molecule has 0 bridgehead atoms. The zero-order valence-electron chi connectivity index (χ0n) is 12.6. The zero-order chi connectivity index (χ0) is 14.5. The van der Waals surface area contributed by atoms with Gasteiger partial charge in [-0.05, 0) is 45.0 Å². The number of rotatable bonds is 4. The van der Waals surface area contributed by atoms with Crippen LogP contribution < -0.4 is 5.32 Å². The lowest BCUT2D eigenvalue weighted by Gasteiger charge is -2.33. The molecule has 5 nitrogen and oxygen atoms in total. The van der Waals surface area contributed by atoms with E-state index in [1.54, 1.807) is 6.20 Å². The van der Waals surface area contributed by atoms with Crippen molar-refractivity contribution in [3.8, 4) is 0 Å². The average molecular weight is 276 g/mol. The molecule has 0 atom stereocenters. The summed E-state index contributed by atoms with van der Waals surface area (Å²) in [5, 5.41) is 2.96. The van der Waals surface area contributed by atoms with E-state index in [0.717, 1.165) is 38.3 Å². The van der Waals surface area contributed by atoms with Gasteiger partial charge in [0.2, 0.25) is 0 Å². The summed E-state index contributed by atoms with van der Waals surface area (Å²) in [6, 6.07) is 3.68. The standard InChI is InChI=1S/C15H24N4O/c1-16-14-5-4-13(10-17-14)15(20)19-8-6-12(7-9-19)11-18(2)3/h4-5,10,12H,6-9,11H2,1-3H3,(H,16,17). The van der Waals surface area contributed by atoms with Gasteiger partial charge in [0.1, 0.15) is 5.82 Å². The van der Waals surface area contributed by atoms with Crippen molar-refractivity contribution < 1.29 is 4.79 Å². The Morgan fingerprint density at radius 1 is 1.40 bits per heavy atom. The molecule has 1 aromatic rings. The van der Waals surface area contributed by atoms with E-state index in [9.17, 15) is 4.79 Å². The minimum Gasteiger partial charge on any atom is -0.373 e. The highest BCUT2D eigenvalue weighted by Gasteiger charge is 2.23. The molecule has 20 heavy (non-hydrogen) atoms. The first-order valence-corrected chi connectivity index (χ1v) is 7.18. The molecule has 5 heteroatoms. The molecule has 1 fully saturated rings.